The van der Waals surface area contributed by atoms with Gasteiger partial charge in [-0.15, -0.1) is 0 Å². The molecule has 14 heavy (non-hydrogen) atoms. The molecule has 80 valence electrons. The number of esters is 1. The van der Waals surface area contributed by atoms with Crippen molar-refractivity contribution in [2.45, 2.75) is 12.8 Å². The van der Waals surface area contributed by atoms with E-state index in [-0.39, 0.29) is 30.8 Å². The summed E-state index contributed by atoms with van der Waals surface area (Å²) in [5, 5.41) is 8.60. The second-order valence-electron chi connectivity index (χ2n) is 3.34. The zero-order valence-corrected chi connectivity index (χ0v) is 8.23. The van der Waals surface area contributed by atoms with E-state index in [1.807, 2.05) is 0 Å². The number of likely N-dealkylation sites (tertiary alicyclic amines) is 1. The van der Waals surface area contributed by atoms with E-state index in [1.54, 1.807) is 4.90 Å². The van der Waals surface area contributed by atoms with E-state index in [4.69, 9.17) is 5.11 Å². The van der Waals surface area contributed by atoms with Crippen LogP contribution >= 0.6 is 0 Å². The van der Waals surface area contributed by atoms with Gasteiger partial charge in [0.05, 0.1) is 13.0 Å². The maximum Gasteiger partial charge on any atom is 0.310 e. The lowest BCUT2D eigenvalue weighted by atomic mass is 10.1. The Balaban J connectivity index is 2.43. The van der Waals surface area contributed by atoms with Crippen molar-refractivity contribution in [3.05, 3.63) is 0 Å². The van der Waals surface area contributed by atoms with Crippen LogP contribution in [0, 0.1) is 5.92 Å². The van der Waals surface area contributed by atoms with Crippen molar-refractivity contribution in [1.82, 2.24) is 4.90 Å². The molecule has 0 spiro atoms. The molecule has 1 fully saturated rings. The van der Waals surface area contributed by atoms with E-state index in [1.165, 1.54) is 7.11 Å². The van der Waals surface area contributed by atoms with E-state index in [0.717, 1.165) is 0 Å². The molecule has 1 saturated heterocycles. The van der Waals surface area contributed by atoms with Crippen LogP contribution in [0.3, 0.4) is 0 Å². The Morgan fingerprint density at radius 1 is 1.71 bits per heavy atom. The summed E-state index contributed by atoms with van der Waals surface area (Å²) < 4.78 is 4.57. The number of amides is 1. The number of ether oxygens (including phenoxy) is 1. The quantitative estimate of drug-likeness (QED) is 0.616. The predicted molar refractivity (Wildman–Crippen MR) is 48.4 cm³/mol. The van der Waals surface area contributed by atoms with Gasteiger partial charge < -0.3 is 14.7 Å². The van der Waals surface area contributed by atoms with Gasteiger partial charge in [-0.2, -0.15) is 0 Å². The SMILES string of the molecule is COC(=O)C1CC(=O)N(CCCO)C1. The van der Waals surface area contributed by atoms with E-state index >= 15 is 0 Å². The molecule has 1 rings (SSSR count). The fourth-order valence-electron chi connectivity index (χ4n) is 1.57. The summed E-state index contributed by atoms with van der Waals surface area (Å²) in [6, 6.07) is 0. The lowest BCUT2D eigenvalue weighted by Gasteiger charge is -2.14. The van der Waals surface area contributed by atoms with Gasteiger partial charge >= 0.3 is 5.97 Å². The smallest absolute Gasteiger partial charge is 0.310 e. The van der Waals surface area contributed by atoms with Crippen molar-refractivity contribution in [2.75, 3.05) is 26.8 Å². The van der Waals surface area contributed by atoms with E-state index in [0.29, 0.717) is 19.5 Å². The standard InChI is InChI=1S/C9H15NO4/c1-14-9(13)7-5-8(12)10(6-7)3-2-4-11/h7,11H,2-6H2,1H3. The van der Waals surface area contributed by atoms with Crippen LogP contribution in [0.1, 0.15) is 12.8 Å². The van der Waals surface area contributed by atoms with Gasteiger partial charge in [-0.05, 0) is 6.42 Å². The van der Waals surface area contributed by atoms with Crippen LogP contribution in [-0.4, -0.2) is 48.7 Å². The fourth-order valence-corrected chi connectivity index (χ4v) is 1.57. The van der Waals surface area contributed by atoms with Crippen molar-refractivity contribution < 1.29 is 19.4 Å². The highest BCUT2D eigenvalue weighted by Crippen LogP contribution is 2.18. The van der Waals surface area contributed by atoms with Crippen molar-refractivity contribution in [3.8, 4) is 0 Å². The third kappa shape index (κ3) is 2.45. The first-order valence-electron chi connectivity index (χ1n) is 4.65. The Morgan fingerprint density at radius 3 is 3.00 bits per heavy atom. The minimum Gasteiger partial charge on any atom is -0.469 e. The summed E-state index contributed by atoms with van der Waals surface area (Å²) in [5.74, 6) is -0.690. The molecular weight excluding hydrogens is 186 g/mol. The molecule has 0 saturated carbocycles. The zero-order chi connectivity index (χ0) is 10.6. The Morgan fingerprint density at radius 2 is 2.43 bits per heavy atom. The van der Waals surface area contributed by atoms with Crippen molar-refractivity contribution >= 4 is 11.9 Å². The molecule has 0 bridgehead atoms. The van der Waals surface area contributed by atoms with Gasteiger partial charge in [0.15, 0.2) is 0 Å². The van der Waals surface area contributed by atoms with Crippen LogP contribution in [-0.2, 0) is 14.3 Å². The second-order valence-corrected chi connectivity index (χ2v) is 3.34. The lowest BCUT2D eigenvalue weighted by molar-refractivity contribution is -0.145. The number of carbonyl (C=O) groups is 2. The predicted octanol–water partition coefficient (Wildman–Crippen LogP) is -0.610. The van der Waals surface area contributed by atoms with Crippen LogP contribution in [0.25, 0.3) is 0 Å². The highest BCUT2D eigenvalue weighted by Gasteiger charge is 2.34. The third-order valence-electron chi connectivity index (χ3n) is 2.34. The summed E-state index contributed by atoms with van der Waals surface area (Å²) in [5.41, 5.74) is 0. The summed E-state index contributed by atoms with van der Waals surface area (Å²) in [6.07, 6.45) is 0.789. The monoisotopic (exact) mass is 201 g/mol. The van der Waals surface area contributed by atoms with Gasteiger partial charge in [0.2, 0.25) is 5.91 Å². The molecule has 1 atom stereocenters. The second kappa shape index (κ2) is 4.95. The van der Waals surface area contributed by atoms with E-state index in [9.17, 15) is 9.59 Å². The molecule has 0 aliphatic carbocycles. The largest absolute Gasteiger partial charge is 0.469 e. The first kappa shape index (κ1) is 11.0. The molecule has 0 radical (unpaired) electrons. The molecule has 1 unspecified atom stereocenters. The van der Waals surface area contributed by atoms with Gasteiger partial charge in [-0.25, -0.2) is 0 Å². The molecule has 5 heteroatoms. The maximum atomic E-state index is 11.3. The number of hydrogen-bond donors (Lipinski definition) is 1. The number of methoxy groups -OCH3 is 1. The third-order valence-corrected chi connectivity index (χ3v) is 2.34. The summed E-state index contributed by atoms with van der Waals surface area (Å²) in [4.78, 5) is 24.1. The fraction of sp³-hybridized carbons (Fsp3) is 0.778. The van der Waals surface area contributed by atoms with Gasteiger partial charge in [0.1, 0.15) is 0 Å². The molecule has 1 aliphatic heterocycles. The van der Waals surface area contributed by atoms with Crippen LogP contribution in [0.4, 0.5) is 0 Å². The molecule has 1 N–H and O–H groups in total. The zero-order valence-electron chi connectivity index (χ0n) is 8.23. The minimum atomic E-state index is -0.329. The van der Waals surface area contributed by atoms with Crippen LogP contribution in [0.15, 0.2) is 0 Å². The number of carbonyl (C=O) groups excluding carboxylic acids is 2. The number of nitrogens with zero attached hydrogens (tertiary/aromatic N) is 1. The summed E-state index contributed by atoms with van der Waals surface area (Å²) >= 11 is 0. The van der Waals surface area contributed by atoms with E-state index in [2.05, 4.69) is 4.74 Å². The van der Waals surface area contributed by atoms with Crippen molar-refractivity contribution in [2.24, 2.45) is 5.92 Å². The first-order chi connectivity index (χ1) is 6.69. The molecule has 0 aromatic heterocycles. The first-order valence-corrected chi connectivity index (χ1v) is 4.65. The maximum absolute atomic E-state index is 11.3. The normalized spacial score (nSPS) is 21.4. The molecule has 0 aromatic carbocycles. The Hall–Kier alpha value is -1.10. The van der Waals surface area contributed by atoms with Gasteiger partial charge in [-0.1, -0.05) is 0 Å². The molecule has 1 amide bonds. The molecule has 1 heterocycles. The molecule has 5 nitrogen and oxygen atoms in total. The van der Waals surface area contributed by atoms with Crippen molar-refractivity contribution in [3.63, 3.8) is 0 Å². The average molecular weight is 201 g/mol. The van der Waals surface area contributed by atoms with Crippen LogP contribution < -0.4 is 0 Å². The summed E-state index contributed by atoms with van der Waals surface area (Å²) in [7, 11) is 1.32. The Labute approximate surface area is 82.6 Å². The molecular formula is C9H15NO4. The Bertz CT molecular complexity index is 229. The Kier molecular flexibility index (Phi) is 3.88. The highest BCUT2D eigenvalue weighted by molar-refractivity contribution is 5.86. The lowest BCUT2D eigenvalue weighted by Crippen LogP contribution is -2.28. The minimum absolute atomic E-state index is 0.0335. The van der Waals surface area contributed by atoms with Crippen LogP contribution in [0.2, 0.25) is 0 Å². The summed E-state index contributed by atoms with van der Waals surface area (Å²) in [6.45, 7) is 1.00. The number of rotatable bonds is 4. The van der Waals surface area contributed by atoms with E-state index < -0.39 is 0 Å². The number of hydrogen-bond acceptors (Lipinski definition) is 4. The topological polar surface area (TPSA) is 66.8 Å². The average Bonchev–Trinajstić information content (AvgIpc) is 2.56. The molecule has 1 aliphatic rings. The highest BCUT2D eigenvalue weighted by atomic mass is 16.5. The number of aliphatic hydroxyl groups is 1. The van der Waals surface area contributed by atoms with Gasteiger partial charge in [0, 0.05) is 26.1 Å². The van der Waals surface area contributed by atoms with Crippen LogP contribution in [0.5, 0.6) is 0 Å². The van der Waals surface area contributed by atoms with Gasteiger partial charge in [0.25, 0.3) is 0 Å². The number of aliphatic hydroxyl groups excluding tert-OH is 1. The molecule has 0 aromatic rings. The van der Waals surface area contributed by atoms with Crippen molar-refractivity contribution in [1.29, 1.82) is 0 Å². The van der Waals surface area contributed by atoms with Gasteiger partial charge in [-0.3, -0.25) is 9.59 Å².